The van der Waals surface area contributed by atoms with Gasteiger partial charge in [0.15, 0.2) is 11.8 Å². The number of hydrogen-bond donors (Lipinski definition) is 2. The molecule has 11 heavy (non-hydrogen) atoms. The van der Waals surface area contributed by atoms with Crippen LogP contribution in [0.25, 0.3) is 0 Å². The lowest BCUT2D eigenvalue weighted by Gasteiger charge is -2.08. The molecule has 1 heterocycles. The van der Waals surface area contributed by atoms with Crippen molar-refractivity contribution in [3.05, 3.63) is 12.1 Å². The zero-order valence-corrected chi connectivity index (χ0v) is 6.78. The average molecular weight is 155 g/mol. The molecule has 0 fully saturated rings. The molecule has 0 bridgehead atoms. The van der Waals surface area contributed by atoms with Crippen molar-refractivity contribution in [3.8, 4) is 11.8 Å². The quantitative estimate of drug-likeness (QED) is 0.680. The highest BCUT2D eigenvalue weighted by Crippen LogP contribution is 2.21. The summed E-state index contributed by atoms with van der Waals surface area (Å²) in [6, 6.07) is 2.97. The molecule has 0 saturated heterocycles. The summed E-state index contributed by atoms with van der Waals surface area (Å²) >= 11 is 0. The van der Waals surface area contributed by atoms with Crippen molar-refractivity contribution >= 4 is 0 Å². The van der Waals surface area contributed by atoms with Crippen LogP contribution in [0.15, 0.2) is 12.1 Å². The molecule has 0 aliphatic heterocycles. The van der Waals surface area contributed by atoms with E-state index in [4.69, 9.17) is 0 Å². The fourth-order valence-corrected chi connectivity index (χ4v) is 0.999. The van der Waals surface area contributed by atoms with Gasteiger partial charge in [-0.2, -0.15) is 0 Å². The van der Waals surface area contributed by atoms with E-state index in [1.54, 1.807) is 0 Å². The number of nitrogens with zero attached hydrogens (tertiary/aromatic N) is 1. The lowest BCUT2D eigenvalue weighted by atomic mass is 10.2. The Balaban J connectivity index is 2.83. The molecular weight excluding hydrogens is 142 g/mol. The van der Waals surface area contributed by atoms with E-state index in [-0.39, 0.29) is 11.8 Å². The zero-order chi connectivity index (χ0) is 8.43. The molecule has 0 saturated carbocycles. The van der Waals surface area contributed by atoms with Crippen LogP contribution in [0.4, 0.5) is 0 Å². The summed E-state index contributed by atoms with van der Waals surface area (Å²) in [5.41, 5.74) is 0. The van der Waals surface area contributed by atoms with E-state index in [1.807, 2.05) is 13.8 Å². The fourth-order valence-electron chi connectivity index (χ4n) is 0.999. The highest BCUT2D eigenvalue weighted by atomic mass is 16.3. The van der Waals surface area contributed by atoms with Gasteiger partial charge in [-0.1, -0.05) is 13.8 Å². The third-order valence-corrected chi connectivity index (χ3v) is 1.48. The maximum Gasteiger partial charge on any atom is 0.193 e. The van der Waals surface area contributed by atoms with Crippen molar-refractivity contribution in [3.63, 3.8) is 0 Å². The molecule has 0 spiro atoms. The molecule has 0 unspecified atom stereocenters. The van der Waals surface area contributed by atoms with Crippen LogP contribution in [0.1, 0.15) is 13.8 Å². The smallest absolute Gasteiger partial charge is 0.193 e. The Morgan fingerprint density at radius 2 is 1.73 bits per heavy atom. The summed E-state index contributed by atoms with van der Waals surface area (Å²) in [5.74, 6) is 0.659. The van der Waals surface area contributed by atoms with Gasteiger partial charge in [-0.3, -0.25) is 4.57 Å². The minimum Gasteiger partial charge on any atom is -0.494 e. The van der Waals surface area contributed by atoms with Gasteiger partial charge in [0.2, 0.25) is 0 Å². The van der Waals surface area contributed by atoms with E-state index in [1.165, 1.54) is 16.7 Å². The van der Waals surface area contributed by atoms with E-state index in [0.717, 1.165) is 0 Å². The first-order valence-electron chi connectivity index (χ1n) is 3.68. The molecule has 1 aromatic rings. The van der Waals surface area contributed by atoms with Crippen molar-refractivity contribution in [2.75, 3.05) is 0 Å². The van der Waals surface area contributed by atoms with Gasteiger partial charge in [0.25, 0.3) is 0 Å². The second-order valence-corrected chi connectivity index (χ2v) is 3.05. The van der Waals surface area contributed by atoms with E-state index in [2.05, 4.69) is 0 Å². The Bertz CT molecular complexity index is 221. The highest BCUT2D eigenvalue weighted by molar-refractivity contribution is 5.23. The Labute approximate surface area is 65.9 Å². The summed E-state index contributed by atoms with van der Waals surface area (Å²) in [5, 5.41) is 18.4. The second kappa shape index (κ2) is 2.86. The minimum absolute atomic E-state index is 0.121. The molecule has 1 aromatic heterocycles. The maximum absolute atomic E-state index is 9.18. The molecule has 2 N–H and O–H groups in total. The molecule has 0 aromatic carbocycles. The number of hydrogen-bond acceptors (Lipinski definition) is 2. The Kier molecular flexibility index (Phi) is 2.08. The van der Waals surface area contributed by atoms with Crippen molar-refractivity contribution in [1.82, 2.24) is 4.57 Å². The third kappa shape index (κ3) is 1.67. The van der Waals surface area contributed by atoms with Crippen LogP contribution in [-0.4, -0.2) is 14.8 Å². The van der Waals surface area contributed by atoms with Crippen LogP contribution in [0, 0.1) is 5.92 Å². The molecule has 1 rings (SSSR count). The predicted octanol–water partition coefficient (Wildman–Crippen LogP) is 1.56. The first-order valence-corrected chi connectivity index (χ1v) is 3.68. The van der Waals surface area contributed by atoms with Crippen LogP contribution >= 0.6 is 0 Å². The van der Waals surface area contributed by atoms with Crippen LogP contribution in [0.3, 0.4) is 0 Å². The van der Waals surface area contributed by atoms with Crippen LogP contribution < -0.4 is 0 Å². The minimum atomic E-state index is 0.121. The molecule has 62 valence electrons. The molecule has 3 heteroatoms. The van der Waals surface area contributed by atoms with Crippen LogP contribution in [0.5, 0.6) is 11.8 Å². The van der Waals surface area contributed by atoms with Gasteiger partial charge in [0.1, 0.15) is 0 Å². The Morgan fingerprint density at radius 1 is 1.27 bits per heavy atom. The fraction of sp³-hybridized carbons (Fsp3) is 0.500. The van der Waals surface area contributed by atoms with Crippen molar-refractivity contribution in [2.24, 2.45) is 5.92 Å². The molecular formula is C8H13NO2. The maximum atomic E-state index is 9.18. The lowest BCUT2D eigenvalue weighted by molar-refractivity contribution is 0.347. The van der Waals surface area contributed by atoms with E-state index >= 15 is 0 Å². The average Bonchev–Trinajstić information content (AvgIpc) is 2.18. The summed E-state index contributed by atoms with van der Waals surface area (Å²) in [6.45, 7) is 4.70. The van der Waals surface area contributed by atoms with Crippen molar-refractivity contribution in [1.29, 1.82) is 0 Å². The van der Waals surface area contributed by atoms with Gasteiger partial charge in [-0.15, -0.1) is 0 Å². The summed E-state index contributed by atoms with van der Waals surface area (Å²) in [4.78, 5) is 0. The van der Waals surface area contributed by atoms with E-state index < -0.39 is 0 Å². The number of rotatable bonds is 2. The summed E-state index contributed by atoms with van der Waals surface area (Å²) < 4.78 is 1.48. The number of aromatic hydroxyl groups is 2. The van der Waals surface area contributed by atoms with E-state index in [0.29, 0.717) is 12.5 Å². The molecule has 0 aliphatic carbocycles. The molecule has 0 radical (unpaired) electrons. The van der Waals surface area contributed by atoms with Gasteiger partial charge in [0, 0.05) is 18.7 Å². The van der Waals surface area contributed by atoms with Gasteiger partial charge in [-0.25, -0.2) is 0 Å². The summed E-state index contributed by atoms with van der Waals surface area (Å²) in [7, 11) is 0. The Morgan fingerprint density at radius 3 is 2.09 bits per heavy atom. The number of aromatic nitrogens is 1. The van der Waals surface area contributed by atoms with Crippen molar-refractivity contribution < 1.29 is 10.2 Å². The summed E-state index contributed by atoms with van der Waals surface area (Å²) in [6.07, 6.45) is 0. The van der Waals surface area contributed by atoms with Crippen molar-refractivity contribution in [2.45, 2.75) is 20.4 Å². The second-order valence-electron chi connectivity index (χ2n) is 3.05. The highest BCUT2D eigenvalue weighted by Gasteiger charge is 2.06. The largest absolute Gasteiger partial charge is 0.494 e. The third-order valence-electron chi connectivity index (χ3n) is 1.48. The Hall–Kier alpha value is -1.12. The van der Waals surface area contributed by atoms with Crippen LogP contribution in [-0.2, 0) is 6.54 Å². The SMILES string of the molecule is CC(C)Cn1c(O)ccc1O. The van der Waals surface area contributed by atoms with E-state index in [9.17, 15) is 10.2 Å². The van der Waals surface area contributed by atoms with Gasteiger partial charge < -0.3 is 10.2 Å². The molecule has 0 amide bonds. The molecule has 3 nitrogen and oxygen atoms in total. The monoisotopic (exact) mass is 155 g/mol. The predicted molar refractivity (Wildman–Crippen MR) is 42.6 cm³/mol. The van der Waals surface area contributed by atoms with Gasteiger partial charge in [0.05, 0.1) is 0 Å². The van der Waals surface area contributed by atoms with Crippen LogP contribution in [0.2, 0.25) is 0 Å². The lowest BCUT2D eigenvalue weighted by Crippen LogP contribution is -2.02. The molecule has 0 atom stereocenters. The van der Waals surface area contributed by atoms with Gasteiger partial charge in [-0.05, 0) is 5.92 Å². The normalized spacial score (nSPS) is 10.8. The standard InChI is InChI=1S/C8H13NO2/c1-6(2)5-9-7(10)3-4-8(9)11/h3-4,6,10-11H,5H2,1-2H3. The first-order chi connectivity index (χ1) is 5.11. The topological polar surface area (TPSA) is 45.4 Å². The van der Waals surface area contributed by atoms with Gasteiger partial charge >= 0.3 is 0 Å². The zero-order valence-electron chi connectivity index (χ0n) is 6.78. The molecule has 0 aliphatic rings. The first kappa shape index (κ1) is 7.98.